The highest BCUT2D eigenvalue weighted by Crippen LogP contribution is 2.32. The lowest BCUT2D eigenvalue weighted by atomic mass is 10.2. The quantitative estimate of drug-likeness (QED) is 0.535. The molecule has 1 radical (unpaired) electrons. The fourth-order valence-corrected chi connectivity index (χ4v) is 1.85. The van der Waals surface area contributed by atoms with E-state index in [1.54, 1.807) is 6.07 Å². The molecule has 0 aliphatic rings. The van der Waals surface area contributed by atoms with Crippen LogP contribution in [0.4, 0.5) is 0 Å². The number of hydrogen-bond donors (Lipinski definition) is 0. The van der Waals surface area contributed by atoms with Crippen LogP contribution in [0.25, 0.3) is 21.9 Å². The van der Waals surface area contributed by atoms with E-state index in [2.05, 4.69) is 6.07 Å². The molecule has 1 nitrogen and oxygen atoms in total. The summed E-state index contributed by atoms with van der Waals surface area (Å²) in [6.07, 6.45) is 0. The smallest absolute Gasteiger partial charge is 0.154 e. The van der Waals surface area contributed by atoms with Gasteiger partial charge in [0.1, 0.15) is 5.58 Å². The third-order valence-electron chi connectivity index (χ3n) is 2.29. The van der Waals surface area contributed by atoms with Gasteiger partial charge in [-0.3, -0.25) is 0 Å². The SMILES string of the molecule is Clc1c[c]cc2c1oc1ccccc12. The summed E-state index contributed by atoms with van der Waals surface area (Å²) in [6, 6.07) is 14.5. The number of hydrogen-bond acceptors (Lipinski definition) is 1. The molecule has 1 heterocycles. The standard InChI is InChI=1S/C12H6ClO/c13-10-6-3-5-9-8-4-1-2-7-11(8)14-12(9)10/h1-2,4-7H. The summed E-state index contributed by atoms with van der Waals surface area (Å²) in [5, 5.41) is 2.72. The maximum absolute atomic E-state index is 6.00. The fourth-order valence-electron chi connectivity index (χ4n) is 1.65. The second kappa shape index (κ2) is 2.76. The first-order chi connectivity index (χ1) is 6.86. The van der Waals surface area contributed by atoms with Crippen LogP contribution in [0.1, 0.15) is 0 Å². The van der Waals surface area contributed by atoms with Gasteiger partial charge in [-0.1, -0.05) is 29.8 Å². The van der Waals surface area contributed by atoms with Crippen molar-refractivity contribution in [3.63, 3.8) is 0 Å². The average molecular weight is 202 g/mol. The third kappa shape index (κ3) is 0.962. The molecule has 2 heteroatoms. The monoisotopic (exact) mass is 201 g/mol. The molecule has 0 amide bonds. The van der Waals surface area contributed by atoms with Crippen molar-refractivity contribution >= 4 is 33.5 Å². The van der Waals surface area contributed by atoms with Crippen LogP contribution < -0.4 is 0 Å². The Labute approximate surface area is 85.9 Å². The second-order valence-electron chi connectivity index (χ2n) is 3.14. The van der Waals surface area contributed by atoms with Crippen LogP contribution in [0, 0.1) is 6.07 Å². The normalized spacial score (nSPS) is 11.2. The molecule has 2 aromatic carbocycles. The molecule has 0 aliphatic carbocycles. The Morgan fingerprint density at radius 1 is 1.07 bits per heavy atom. The van der Waals surface area contributed by atoms with Gasteiger partial charge >= 0.3 is 0 Å². The van der Waals surface area contributed by atoms with E-state index in [0.29, 0.717) is 5.02 Å². The fraction of sp³-hybridized carbons (Fsp3) is 0. The summed E-state index contributed by atoms with van der Waals surface area (Å²) in [5.74, 6) is 0. The summed E-state index contributed by atoms with van der Waals surface area (Å²) < 4.78 is 5.63. The molecule has 0 bridgehead atoms. The highest BCUT2D eigenvalue weighted by molar-refractivity contribution is 6.35. The van der Waals surface area contributed by atoms with E-state index in [1.165, 1.54) is 0 Å². The van der Waals surface area contributed by atoms with Crippen LogP contribution >= 0.6 is 11.6 Å². The Kier molecular flexibility index (Phi) is 1.55. The maximum Gasteiger partial charge on any atom is 0.154 e. The molecule has 0 spiro atoms. The Hall–Kier alpha value is -1.47. The molecule has 1 aromatic heterocycles. The topological polar surface area (TPSA) is 13.1 Å². The number of fused-ring (bicyclic) bond motifs is 3. The predicted octanol–water partition coefficient (Wildman–Crippen LogP) is 4.04. The van der Waals surface area contributed by atoms with Gasteiger partial charge in [0.2, 0.25) is 0 Å². The van der Waals surface area contributed by atoms with Gasteiger partial charge in [0.25, 0.3) is 0 Å². The van der Waals surface area contributed by atoms with E-state index < -0.39 is 0 Å². The number of rotatable bonds is 0. The molecule has 0 fully saturated rings. The minimum Gasteiger partial charge on any atom is -0.454 e. The van der Waals surface area contributed by atoms with Crippen LogP contribution in [0.2, 0.25) is 5.02 Å². The molecule has 0 saturated carbocycles. The first-order valence-electron chi connectivity index (χ1n) is 4.33. The van der Waals surface area contributed by atoms with Crippen LogP contribution in [0.3, 0.4) is 0 Å². The van der Waals surface area contributed by atoms with Gasteiger partial charge in [0.15, 0.2) is 5.58 Å². The van der Waals surface area contributed by atoms with Crippen LogP contribution in [0.5, 0.6) is 0 Å². The number of halogens is 1. The van der Waals surface area contributed by atoms with Crippen molar-refractivity contribution in [2.24, 2.45) is 0 Å². The van der Waals surface area contributed by atoms with Crippen molar-refractivity contribution in [1.29, 1.82) is 0 Å². The van der Waals surface area contributed by atoms with Crippen molar-refractivity contribution in [2.45, 2.75) is 0 Å². The van der Waals surface area contributed by atoms with Crippen molar-refractivity contribution < 1.29 is 4.42 Å². The second-order valence-corrected chi connectivity index (χ2v) is 3.55. The summed E-state index contributed by atoms with van der Waals surface area (Å²) >= 11 is 6.00. The molecule has 3 rings (SSSR count). The lowest BCUT2D eigenvalue weighted by molar-refractivity contribution is 0.669. The average Bonchev–Trinajstić information content (AvgIpc) is 2.59. The first kappa shape index (κ1) is 7.89. The lowest BCUT2D eigenvalue weighted by Gasteiger charge is -1.89. The van der Waals surface area contributed by atoms with E-state index in [4.69, 9.17) is 16.0 Å². The van der Waals surface area contributed by atoms with Crippen LogP contribution in [-0.2, 0) is 0 Å². The summed E-state index contributed by atoms with van der Waals surface area (Å²) in [6.45, 7) is 0. The molecule has 0 N–H and O–H groups in total. The van der Waals surface area contributed by atoms with Gasteiger partial charge in [-0.05, 0) is 24.3 Å². The molecule has 14 heavy (non-hydrogen) atoms. The molecule has 67 valence electrons. The number of furan rings is 1. The molecule has 0 saturated heterocycles. The van der Waals surface area contributed by atoms with Crippen molar-refractivity contribution in [1.82, 2.24) is 0 Å². The molecular formula is C12H6ClO. The molecular weight excluding hydrogens is 196 g/mol. The highest BCUT2D eigenvalue weighted by Gasteiger charge is 2.07. The van der Waals surface area contributed by atoms with Gasteiger partial charge in [-0.25, -0.2) is 0 Å². The van der Waals surface area contributed by atoms with Gasteiger partial charge in [0.05, 0.1) is 5.02 Å². The number of benzene rings is 2. The van der Waals surface area contributed by atoms with Crippen LogP contribution in [0.15, 0.2) is 40.8 Å². The molecule has 0 aliphatic heterocycles. The van der Waals surface area contributed by atoms with Gasteiger partial charge in [-0.15, -0.1) is 0 Å². The van der Waals surface area contributed by atoms with Crippen molar-refractivity contribution in [2.75, 3.05) is 0 Å². The Balaban J connectivity index is 2.63. The van der Waals surface area contributed by atoms with Crippen molar-refractivity contribution in [3.8, 4) is 0 Å². The van der Waals surface area contributed by atoms with Gasteiger partial charge in [0, 0.05) is 10.8 Å². The zero-order chi connectivity index (χ0) is 9.54. The van der Waals surface area contributed by atoms with Crippen molar-refractivity contribution in [3.05, 3.63) is 47.5 Å². The molecule has 0 atom stereocenters. The largest absolute Gasteiger partial charge is 0.454 e. The highest BCUT2D eigenvalue weighted by atomic mass is 35.5. The minimum atomic E-state index is 0.610. The van der Waals surface area contributed by atoms with Gasteiger partial charge < -0.3 is 4.42 Å². The zero-order valence-corrected chi connectivity index (χ0v) is 8.01. The Bertz CT molecular complexity index is 610. The van der Waals surface area contributed by atoms with E-state index in [1.807, 2.05) is 30.3 Å². The summed E-state index contributed by atoms with van der Waals surface area (Å²) in [7, 11) is 0. The van der Waals surface area contributed by atoms with Crippen LogP contribution in [-0.4, -0.2) is 0 Å². The van der Waals surface area contributed by atoms with E-state index in [9.17, 15) is 0 Å². The van der Waals surface area contributed by atoms with E-state index >= 15 is 0 Å². The molecule has 3 aromatic rings. The first-order valence-corrected chi connectivity index (χ1v) is 4.71. The Morgan fingerprint density at radius 3 is 2.86 bits per heavy atom. The molecule has 0 unspecified atom stereocenters. The predicted molar refractivity (Wildman–Crippen MR) is 57.6 cm³/mol. The van der Waals surface area contributed by atoms with E-state index in [0.717, 1.165) is 21.9 Å². The van der Waals surface area contributed by atoms with E-state index in [-0.39, 0.29) is 0 Å². The maximum atomic E-state index is 6.00. The Morgan fingerprint density at radius 2 is 1.93 bits per heavy atom. The zero-order valence-electron chi connectivity index (χ0n) is 7.25. The lowest BCUT2D eigenvalue weighted by Crippen LogP contribution is -1.66. The number of para-hydroxylation sites is 1. The third-order valence-corrected chi connectivity index (χ3v) is 2.57. The van der Waals surface area contributed by atoms with Gasteiger partial charge in [-0.2, -0.15) is 0 Å². The summed E-state index contributed by atoms with van der Waals surface area (Å²) in [5.41, 5.74) is 1.61. The summed E-state index contributed by atoms with van der Waals surface area (Å²) in [4.78, 5) is 0. The minimum absolute atomic E-state index is 0.610.